The van der Waals surface area contributed by atoms with Crippen molar-refractivity contribution in [1.82, 2.24) is 0 Å². The molecule has 0 heterocycles. The number of ether oxygens (including phenoxy) is 1. The van der Waals surface area contributed by atoms with E-state index >= 15 is 0 Å². The molecule has 14 heavy (non-hydrogen) atoms. The van der Waals surface area contributed by atoms with Crippen molar-refractivity contribution in [1.29, 1.82) is 0 Å². The summed E-state index contributed by atoms with van der Waals surface area (Å²) in [5.41, 5.74) is 1.52. The Hall–Kier alpha value is -0.960. The van der Waals surface area contributed by atoms with Gasteiger partial charge in [0.1, 0.15) is 0 Å². The van der Waals surface area contributed by atoms with Crippen molar-refractivity contribution in [3.63, 3.8) is 0 Å². The fourth-order valence-corrected chi connectivity index (χ4v) is 1.31. The van der Waals surface area contributed by atoms with E-state index in [-0.39, 0.29) is 5.97 Å². The maximum Gasteiger partial charge on any atom is 0.338 e. The van der Waals surface area contributed by atoms with Gasteiger partial charge in [0.15, 0.2) is 0 Å². The first kappa shape index (κ1) is 11.1. The van der Waals surface area contributed by atoms with E-state index in [0.717, 1.165) is 16.9 Å². The molecule has 1 aromatic rings. The lowest BCUT2D eigenvalue weighted by Gasteiger charge is -2.06. The maximum atomic E-state index is 11.5. The van der Waals surface area contributed by atoms with E-state index in [1.54, 1.807) is 6.07 Å². The summed E-state index contributed by atoms with van der Waals surface area (Å²) >= 11 is 4.18. The molecule has 0 aliphatic heterocycles. The first-order valence-electron chi connectivity index (χ1n) is 4.62. The number of benzene rings is 1. The normalized spacial score (nSPS) is 9.93. The molecule has 0 saturated heterocycles. The Labute approximate surface area is 89.7 Å². The number of esters is 1. The van der Waals surface area contributed by atoms with Crippen LogP contribution in [-0.2, 0) is 4.74 Å². The number of thiol groups is 1. The molecular weight excluding hydrogens is 196 g/mol. The van der Waals surface area contributed by atoms with Gasteiger partial charge in [-0.3, -0.25) is 0 Å². The first-order chi connectivity index (χ1) is 6.65. The summed E-state index contributed by atoms with van der Waals surface area (Å²) in [7, 11) is 0. The minimum absolute atomic E-state index is 0.264. The molecule has 0 radical (unpaired) electrons. The molecule has 0 unspecified atom stereocenters. The Morgan fingerprint density at radius 2 is 2.21 bits per heavy atom. The Kier molecular flexibility index (Phi) is 4.01. The number of hydrogen-bond donors (Lipinski definition) is 1. The predicted molar refractivity (Wildman–Crippen MR) is 59.0 cm³/mol. The average molecular weight is 210 g/mol. The van der Waals surface area contributed by atoms with Crippen molar-refractivity contribution in [3.05, 3.63) is 29.3 Å². The molecule has 0 aromatic heterocycles. The van der Waals surface area contributed by atoms with Crippen LogP contribution in [0.4, 0.5) is 0 Å². The third kappa shape index (κ3) is 2.77. The van der Waals surface area contributed by atoms with Crippen LogP contribution in [0.25, 0.3) is 0 Å². The molecule has 1 aromatic carbocycles. The van der Waals surface area contributed by atoms with E-state index in [0.29, 0.717) is 12.2 Å². The lowest BCUT2D eigenvalue weighted by atomic mass is 10.1. The molecule has 0 amide bonds. The van der Waals surface area contributed by atoms with Crippen LogP contribution in [0.5, 0.6) is 0 Å². The smallest absolute Gasteiger partial charge is 0.338 e. The highest BCUT2D eigenvalue weighted by molar-refractivity contribution is 7.80. The van der Waals surface area contributed by atoms with Gasteiger partial charge in [0.05, 0.1) is 12.2 Å². The lowest BCUT2D eigenvalue weighted by molar-refractivity contribution is 0.0504. The molecule has 0 N–H and O–H groups in total. The zero-order valence-corrected chi connectivity index (χ0v) is 9.30. The van der Waals surface area contributed by atoms with Gasteiger partial charge in [0.25, 0.3) is 0 Å². The molecule has 3 heteroatoms. The van der Waals surface area contributed by atoms with Crippen LogP contribution in [0.2, 0.25) is 0 Å². The second-order valence-corrected chi connectivity index (χ2v) is 3.65. The molecule has 0 fully saturated rings. The topological polar surface area (TPSA) is 26.3 Å². The average Bonchev–Trinajstić information content (AvgIpc) is 2.18. The van der Waals surface area contributed by atoms with E-state index in [9.17, 15) is 4.79 Å². The fraction of sp³-hybridized carbons (Fsp3) is 0.364. The standard InChI is InChI=1S/C11H14O2S/c1-3-6-13-11(12)10-7-9(14)5-4-8(10)2/h4-5,7,14H,3,6H2,1-2H3. The van der Waals surface area contributed by atoms with Gasteiger partial charge in [-0.25, -0.2) is 4.79 Å². The summed E-state index contributed by atoms with van der Waals surface area (Å²) < 4.78 is 5.04. The second-order valence-electron chi connectivity index (χ2n) is 3.14. The second kappa shape index (κ2) is 5.05. The van der Waals surface area contributed by atoms with Gasteiger partial charge in [-0.1, -0.05) is 13.0 Å². The van der Waals surface area contributed by atoms with E-state index in [1.807, 2.05) is 26.0 Å². The number of carbonyl (C=O) groups excluding carboxylic acids is 1. The Balaban J connectivity index is 2.83. The monoisotopic (exact) mass is 210 g/mol. The van der Waals surface area contributed by atoms with Crippen LogP contribution in [-0.4, -0.2) is 12.6 Å². The summed E-state index contributed by atoms with van der Waals surface area (Å²) in [4.78, 5) is 12.3. The molecule has 0 bridgehead atoms. The molecule has 0 spiro atoms. The highest BCUT2D eigenvalue weighted by atomic mass is 32.1. The van der Waals surface area contributed by atoms with Crippen LogP contribution < -0.4 is 0 Å². The van der Waals surface area contributed by atoms with Gasteiger partial charge >= 0.3 is 5.97 Å². The van der Waals surface area contributed by atoms with E-state index in [1.165, 1.54) is 0 Å². The molecule has 0 atom stereocenters. The highest BCUT2D eigenvalue weighted by Gasteiger charge is 2.09. The van der Waals surface area contributed by atoms with Crippen molar-refractivity contribution >= 4 is 18.6 Å². The van der Waals surface area contributed by atoms with Crippen molar-refractivity contribution in [2.45, 2.75) is 25.2 Å². The van der Waals surface area contributed by atoms with Gasteiger partial charge < -0.3 is 4.74 Å². The largest absolute Gasteiger partial charge is 0.462 e. The lowest BCUT2D eigenvalue weighted by Crippen LogP contribution is -2.07. The molecule has 2 nitrogen and oxygen atoms in total. The van der Waals surface area contributed by atoms with E-state index < -0.39 is 0 Å². The van der Waals surface area contributed by atoms with Gasteiger partial charge in [-0.05, 0) is 31.0 Å². The third-order valence-electron chi connectivity index (χ3n) is 1.88. The van der Waals surface area contributed by atoms with Crippen LogP contribution in [0, 0.1) is 6.92 Å². The van der Waals surface area contributed by atoms with Crippen LogP contribution in [0.3, 0.4) is 0 Å². The van der Waals surface area contributed by atoms with E-state index in [2.05, 4.69) is 12.6 Å². The fourth-order valence-electron chi connectivity index (χ4n) is 1.10. The molecule has 0 aliphatic carbocycles. The molecule has 1 rings (SSSR count). The minimum Gasteiger partial charge on any atom is -0.462 e. The maximum absolute atomic E-state index is 11.5. The quantitative estimate of drug-likeness (QED) is 0.613. The zero-order valence-electron chi connectivity index (χ0n) is 8.41. The number of carbonyl (C=O) groups is 1. The highest BCUT2D eigenvalue weighted by Crippen LogP contribution is 2.15. The SMILES string of the molecule is CCCOC(=O)c1cc(S)ccc1C. The minimum atomic E-state index is -0.264. The summed E-state index contributed by atoms with van der Waals surface area (Å²) in [6.45, 7) is 4.32. The Morgan fingerprint density at radius 3 is 2.86 bits per heavy atom. The molecular formula is C11H14O2S. The summed E-state index contributed by atoms with van der Waals surface area (Å²) in [5.74, 6) is -0.264. The number of aryl methyl sites for hydroxylation is 1. The number of hydrogen-bond acceptors (Lipinski definition) is 3. The summed E-state index contributed by atoms with van der Waals surface area (Å²) in [6, 6.07) is 5.45. The van der Waals surface area contributed by atoms with Crippen LogP contribution >= 0.6 is 12.6 Å². The molecule has 76 valence electrons. The van der Waals surface area contributed by atoms with Gasteiger partial charge in [0, 0.05) is 4.90 Å². The third-order valence-corrected chi connectivity index (χ3v) is 2.16. The molecule has 0 saturated carbocycles. The van der Waals surface area contributed by atoms with Gasteiger partial charge in [-0.2, -0.15) is 0 Å². The number of rotatable bonds is 3. The van der Waals surface area contributed by atoms with Gasteiger partial charge in [-0.15, -0.1) is 12.6 Å². The first-order valence-corrected chi connectivity index (χ1v) is 5.06. The predicted octanol–water partition coefficient (Wildman–Crippen LogP) is 2.85. The van der Waals surface area contributed by atoms with E-state index in [4.69, 9.17) is 4.74 Å². The van der Waals surface area contributed by atoms with Crippen molar-refractivity contribution in [3.8, 4) is 0 Å². The van der Waals surface area contributed by atoms with Crippen LogP contribution in [0.1, 0.15) is 29.3 Å². The summed E-state index contributed by atoms with van der Waals surface area (Å²) in [5, 5.41) is 0. The van der Waals surface area contributed by atoms with Crippen LogP contribution in [0.15, 0.2) is 23.1 Å². The summed E-state index contributed by atoms with van der Waals surface area (Å²) in [6.07, 6.45) is 0.839. The zero-order chi connectivity index (χ0) is 10.6. The van der Waals surface area contributed by atoms with Crippen molar-refractivity contribution in [2.24, 2.45) is 0 Å². The van der Waals surface area contributed by atoms with Crippen molar-refractivity contribution < 1.29 is 9.53 Å². The van der Waals surface area contributed by atoms with Crippen molar-refractivity contribution in [2.75, 3.05) is 6.61 Å². The molecule has 0 aliphatic rings. The Morgan fingerprint density at radius 1 is 1.50 bits per heavy atom. The van der Waals surface area contributed by atoms with Gasteiger partial charge in [0.2, 0.25) is 0 Å². The Bertz CT molecular complexity index is 334.